The number of anilines is 1. The third-order valence-corrected chi connectivity index (χ3v) is 6.64. The maximum atomic E-state index is 14.0. The van der Waals surface area contributed by atoms with E-state index < -0.39 is 17.2 Å². The summed E-state index contributed by atoms with van der Waals surface area (Å²) in [7, 11) is 0. The van der Waals surface area contributed by atoms with Crippen molar-refractivity contribution in [2.75, 3.05) is 24.6 Å². The van der Waals surface area contributed by atoms with Crippen LogP contribution in [0.5, 0.6) is 0 Å². The molecule has 2 aromatic heterocycles. The highest BCUT2D eigenvalue weighted by molar-refractivity contribution is 6.30. The second-order valence-electron chi connectivity index (χ2n) is 8.73. The van der Waals surface area contributed by atoms with Gasteiger partial charge in [0, 0.05) is 18.1 Å². The van der Waals surface area contributed by atoms with Gasteiger partial charge in [0.2, 0.25) is 5.65 Å². The van der Waals surface area contributed by atoms with Crippen molar-refractivity contribution < 1.29 is 18.6 Å². The van der Waals surface area contributed by atoms with Crippen LogP contribution in [0.25, 0.3) is 11.2 Å². The lowest BCUT2D eigenvalue weighted by molar-refractivity contribution is 0.0975. The van der Waals surface area contributed by atoms with E-state index in [0.29, 0.717) is 28.8 Å². The number of halogens is 3. The number of hydrogen-bond acceptors (Lipinski definition) is 6. The standard InChI is InChI=1S/C23H22ClF2N5O2/c1-13-10-23(12-33-13)4-6-31(7-5-23)22-19(11-32)27-20-18(29-30-21(20)28-22)3-2-15-16(25)8-14(24)9-17(15)26/h8-9,13,32H,4-7,10-12H2,1H3,(H,28,29,30)/t13-/m0/s1. The molecule has 7 nitrogen and oxygen atoms in total. The molecule has 4 heterocycles. The van der Waals surface area contributed by atoms with Crippen LogP contribution in [-0.2, 0) is 11.3 Å². The Kier molecular flexibility index (Phi) is 5.69. The zero-order chi connectivity index (χ0) is 23.2. The van der Waals surface area contributed by atoms with Crippen molar-refractivity contribution in [3.63, 3.8) is 0 Å². The van der Waals surface area contributed by atoms with E-state index in [1.807, 2.05) is 0 Å². The molecule has 2 aliphatic rings. The first kappa shape index (κ1) is 22.0. The smallest absolute Gasteiger partial charge is 0.202 e. The summed E-state index contributed by atoms with van der Waals surface area (Å²) in [5.41, 5.74) is 1.12. The number of aliphatic hydroxyl groups excluding tert-OH is 1. The number of rotatable bonds is 2. The fraction of sp³-hybridized carbons (Fsp3) is 0.435. The molecule has 2 saturated heterocycles. The Bertz CT molecular complexity index is 1250. The summed E-state index contributed by atoms with van der Waals surface area (Å²) in [4.78, 5) is 11.3. The zero-order valence-electron chi connectivity index (χ0n) is 18.0. The molecular weight excluding hydrogens is 452 g/mol. The van der Waals surface area contributed by atoms with Crippen LogP contribution in [0.2, 0.25) is 5.02 Å². The molecule has 1 spiro atoms. The van der Waals surface area contributed by atoms with Gasteiger partial charge in [-0.1, -0.05) is 17.5 Å². The molecule has 0 amide bonds. The number of fused-ring (bicyclic) bond motifs is 1. The average molecular weight is 474 g/mol. The van der Waals surface area contributed by atoms with Gasteiger partial charge in [-0.2, -0.15) is 5.10 Å². The third-order valence-electron chi connectivity index (χ3n) is 6.43. The maximum Gasteiger partial charge on any atom is 0.202 e. The predicted octanol–water partition coefficient (Wildman–Crippen LogP) is 3.57. The fourth-order valence-electron chi connectivity index (χ4n) is 4.68. The van der Waals surface area contributed by atoms with Crippen molar-refractivity contribution in [2.24, 2.45) is 5.41 Å². The van der Waals surface area contributed by atoms with Crippen molar-refractivity contribution in [1.82, 2.24) is 20.2 Å². The van der Waals surface area contributed by atoms with E-state index >= 15 is 0 Å². The van der Waals surface area contributed by atoms with Gasteiger partial charge in [0.05, 0.1) is 24.9 Å². The largest absolute Gasteiger partial charge is 0.390 e. The molecule has 5 rings (SSSR count). The summed E-state index contributed by atoms with van der Waals surface area (Å²) in [6.07, 6.45) is 3.32. The molecule has 0 radical (unpaired) electrons. The van der Waals surface area contributed by atoms with Crippen molar-refractivity contribution in [3.8, 4) is 11.8 Å². The van der Waals surface area contributed by atoms with E-state index in [0.717, 1.165) is 51.1 Å². The molecular formula is C23H22ClF2N5O2. The van der Waals surface area contributed by atoms with Crippen molar-refractivity contribution in [2.45, 2.75) is 38.9 Å². The van der Waals surface area contributed by atoms with Crippen molar-refractivity contribution >= 4 is 28.6 Å². The van der Waals surface area contributed by atoms with Gasteiger partial charge in [0.1, 0.15) is 28.5 Å². The highest BCUT2D eigenvalue weighted by Gasteiger charge is 2.41. The number of nitrogens with zero attached hydrogens (tertiary/aromatic N) is 4. The summed E-state index contributed by atoms with van der Waals surface area (Å²) in [5, 5.41) is 16.8. The minimum absolute atomic E-state index is 0.0490. The first-order chi connectivity index (χ1) is 15.9. The first-order valence-corrected chi connectivity index (χ1v) is 11.1. The van der Waals surface area contributed by atoms with Crippen LogP contribution in [0, 0.1) is 28.9 Å². The number of aromatic nitrogens is 4. The number of benzene rings is 1. The van der Waals surface area contributed by atoms with Crippen LogP contribution >= 0.6 is 11.6 Å². The van der Waals surface area contributed by atoms with E-state index in [4.69, 9.17) is 16.3 Å². The molecule has 0 aliphatic carbocycles. The zero-order valence-corrected chi connectivity index (χ0v) is 18.7. The predicted molar refractivity (Wildman–Crippen MR) is 119 cm³/mol. The molecule has 0 saturated carbocycles. The number of hydrogen-bond donors (Lipinski definition) is 2. The molecule has 0 unspecified atom stereocenters. The van der Waals surface area contributed by atoms with Gasteiger partial charge >= 0.3 is 0 Å². The Morgan fingerprint density at radius 3 is 2.61 bits per heavy atom. The first-order valence-electron chi connectivity index (χ1n) is 10.8. The van der Waals surface area contributed by atoms with Gasteiger partial charge in [0.15, 0.2) is 5.82 Å². The average Bonchev–Trinajstić information content (AvgIpc) is 3.35. The summed E-state index contributed by atoms with van der Waals surface area (Å²) in [5.74, 6) is 4.02. The minimum Gasteiger partial charge on any atom is -0.390 e. The normalized spacial score (nSPS) is 19.8. The van der Waals surface area contributed by atoms with E-state index in [2.05, 4.69) is 43.8 Å². The van der Waals surface area contributed by atoms with Gasteiger partial charge in [0.25, 0.3) is 0 Å². The molecule has 2 fully saturated rings. The highest BCUT2D eigenvalue weighted by atomic mass is 35.5. The lowest BCUT2D eigenvalue weighted by Gasteiger charge is -2.39. The number of ether oxygens (including phenoxy) is 1. The van der Waals surface area contributed by atoms with E-state index in [1.54, 1.807) is 0 Å². The second-order valence-corrected chi connectivity index (χ2v) is 9.17. The third kappa shape index (κ3) is 4.14. The summed E-state index contributed by atoms with van der Waals surface area (Å²) in [6.45, 7) is 4.16. The number of H-pyrrole nitrogens is 1. The number of aromatic amines is 1. The molecule has 172 valence electrons. The van der Waals surface area contributed by atoms with Crippen LogP contribution < -0.4 is 4.90 Å². The van der Waals surface area contributed by atoms with Crippen molar-refractivity contribution in [1.29, 1.82) is 0 Å². The lowest BCUT2D eigenvalue weighted by atomic mass is 9.77. The van der Waals surface area contributed by atoms with Crippen LogP contribution in [-0.4, -0.2) is 51.1 Å². The summed E-state index contributed by atoms with van der Waals surface area (Å²) in [6, 6.07) is 1.99. The van der Waals surface area contributed by atoms with E-state index in [1.165, 1.54) is 0 Å². The molecule has 1 atom stereocenters. The molecule has 1 aromatic carbocycles. The quantitative estimate of drug-likeness (QED) is 0.553. The van der Waals surface area contributed by atoms with Gasteiger partial charge < -0.3 is 14.7 Å². The Hall–Kier alpha value is -2.80. The van der Waals surface area contributed by atoms with Gasteiger partial charge in [-0.05, 0) is 49.7 Å². The van der Waals surface area contributed by atoms with E-state index in [-0.39, 0.29) is 22.7 Å². The molecule has 33 heavy (non-hydrogen) atoms. The van der Waals surface area contributed by atoms with E-state index in [9.17, 15) is 13.9 Å². The molecule has 3 aromatic rings. The topological polar surface area (TPSA) is 87.2 Å². The van der Waals surface area contributed by atoms with Crippen LogP contribution in [0.15, 0.2) is 12.1 Å². The Morgan fingerprint density at radius 2 is 1.97 bits per heavy atom. The van der Waals surface area contributed by atoms with Crippen LogP contribution in [0.3, 0.4) is 0 Å². The number of piperidine rings is 1. The van der Waals surface area contributed by atoms with Crippen LogP contribution in [0.4, 0.5) is 14.6 Å². The van der Waals surface area contributed by atoms with Crippen LogP contribution in [0.1, 0.15) is 43.1 Å². The maximum absolute atomic E-state index is 14.0. The van der Waals surface area contributed by atoms with Gasteiger partial charge in [-0.25, -0.2) is 18.7 Å². The summed E-state index contributed by atoms with van der Waals surface area (Å²) < 4.78 is 33.9. The Morgan fingerprint density at radius 1 is 1.24 bits per heavy atom. The molecule has 10 heteroatoms. The fourth-order valence-corrected chi connectivity index (χ4v) is 4.87. The van der Waals surface area contributed by atoms with Crippen molar-refractivity contribution in [3.05, 3.63) is 45.7 Å². The number of nitrogens with one attached hydrogen (secondary N) is 1. The monoisotopic (exact) mass is 473 g/mol. The minimum atomic E-state index is -0.856. The lowest BCUT2D eigenvalue weighted by Crippen LogP contribution is -2.41. The Balaban J connectivity index is 1.43. The van der Waals surface area contributed by atoms with Gasteiger partial charge in [-0.3, -0.25) is 5.10 Å². The Labute approximate surface area is 194 Å². The molecule has 2 N–H and O–H groups in total. The SMILES string of the molecule is C[C@H]1CC2(CCN(c3nc4n[nH]c(C#Cc5c(F)cc(Cl)cc5F)c4nc3CO)CC2)CO1. The molecule has 0 bridgehead atoms. The summed E-state index contributed by atoms with van der Waals surface area (Å²) >= 11 is 5.66. The molecule has 2 aliphatic heterocycles. The second kappa shape index (κ2) is 8.52. The van der Waals surface area contributed by atoms with Gasteiger partial charge in [-0.15, -0.1) is 0 Å². The highest BCUT2D eigenvalue weighted by Crippen LogP contribution is 2.42. The number of aliphatic hydroxyl groups is 1.